The van der Waals surface area contributed by atoms with E-state index in [0.717, 1.165) is 17.8 Å². The largest absolute Gasteiger partial charge is 0.366 e. The average molecular weight is 356 g/mol. The van der Waals surface area contributed by atoms with Crippen LogP contribution in [0.2, 0.25) is 0 Å². The monoisotopic (exact) mass is 356 g/mol. The summed E-state index contributed by atoms with van der Waals surface area (Å²) in [5, 5.41) is 7.65. The number of aromatic nitrogens is 2. The van der Waals surface area contributed by atoms with Crippen LogP contribution in [0.3, 0.4) is 0 Å². The highest BCUT2D eigenvalue weighted by Gasteiger charge is 2.22. The minimum Gasteiger partial charge on any atom is -0.366 e. The molecule has 1 aliphatic rings. The first-order valence-electron chi connectivity index (χ1n) is 8.45. The lowest BCUT2D eigenvalue weighted by Gasteiger charge is -2.26. The molecule has 3 N–H and O–H groups in total. The molecule has 3 aromatic rings. The first-order chi connectivity index (χ1) is 12.5. The van der Waals surface area contributed by atoms with E-state index in [1.807, 2.05) is 24.3 Å². The summed E-state index contributed by atoms with van der Waals surface area (Å²) >= 11 is 0. The first kappa shape index (κ1) is 16.7. The van der Waals surface area contributed by atoms with Crippen molar-refractivity contribution in [3.05, 3.63) is 59.5 Å². The van der Waals surface area contributed by atoms with Gasteiger partial charge in [-0.15, -0.1) is 0 Å². The van der Waals surface area contributed by atoms with Gasteiger partial charge in [0.1, 0.15) is 17.5 Å². The lowest BCUT2D eigenvalue weighted by atomic mass is 9.91. The molecule has 0 saturated carbocycles. The molecule has 0 aliphatic carbocycles. The molecule has 2 atom stereocenters. The zero-order valence-electron chi connectivity index (χ0n) is 14.0. The minimum atomic E-state index is -0.833. The van der Waals surface area contributed by atoms with E-state index in [2.05, 4.69) is 10.4 Å². The van der Waals surface area contributed by atoms with Crippen molar-refractivity contribution in [2.24, 2.45) is 5.73 Å². The molecule has 0 bridgehead atoms. The Kier molecular flexibility index (Phi) is 4.16. The highest BCUT2D eigenvalue weighted by molar-refractivity contribution is 6.04. The maximum atomic E-state index is 14.1. The Labute approximate surface area is 148 Å². The van der Waals surface area contributed by atoms with Gasteiger partial charge in [-0.25, -0.2) is 13.5 Å². The number of halogens is 2. The Balaban J connectivity index is 1.68. The van der Waals surface area contributed by atoms with Gasteiger partial charge in [-0.05, 0) is 42.2 Å². The van der Waals surface area contributed by atoms with Crippen LogP contribution in [0.4, 0.5) is 8.78 Å². The second-order valence-corrected chi connectivity index (χ2v) is 6.57. The number of fused-ring (bicyclic) bond motifs is 1. The summed E-state index contributed by atoms with van der Waals surface area (Å²) in [6.07, 6.45) is 1.21. The maximum absolute atomic E-state index is 14.1. The fourth-order valence-corrected chi connectivity index (χ4v) is 3.45. The minimum absolute atomic E-state index is 0.128. The summed E-state index contributed by atoms with van der Waals surface area (Å²) < 4.78 is 29.1. The molecule has 2 aromatic carbocycles. The number of amides is 1. The van der Waals surface area contributed by atoms with E-state index in [9.17, 15) is 13.6 Å². The Morgan fingerprint density at radius 1 is 1.19 bits per heavy atom. The molecule has 0 radical (unpaired) electrons. The lowest BCUT2D eigenvalue weighted by molar-refractivity contribution is 0.100. The third-order valence-electron chi connectivity index (χ3n) is 4.81. The number of rotatable bonds is 3. The number of piperidine rings is 1. The third-order valence-corrected chi connectivity index (χ3v) is 4.81. The number of hydrogen-bond acceptors (Lipinski definition) is 3. The van der Waals surface area contributed by atoms with Crippen LogP contribution in [0.5, 0.6) is 0 Å². The Bertz CT molecular complexity index is 968. The van der Waals surface area contributed by atoms with Crippen molar-refractivity contribution < 1.29 is 13.6 Å². The number of nitrogens with two attached hydrogens (primary N) is 1. The van der Waals surface area contributed by atoms with Crippen molar-refractivity contribution in [2.45, 2.75) is 18.5 Å². The van der Waals surface area contributed by atoms with Crippen LogP contribution in [0, 0.1) is 5.82 Å². The smallest absolute Gasteiger partial charge is 0.250 e. The number of hydrogen-bond donors (Lipinski definition) is 2. The summed E-state index contributed by atoms with van der Waals surface area (Å²) in [6, 6.07) is 10.1. The number of benzene rings is 2. The average Bonchev–Trinajstić information content (AvgIpc) is 3.08. The normalized spacial score (nSPS) is 20.4. The van der Waals surface area contributed by atoms with Crippen LogP contribution in [0.1, 0.15) is 28.3 Å². The van der Waals surface area contributed by atoms with E-state index in [0.29, 0.717) is 13.0 Å². The number of carbonyl (C=O) groups excluding carboxylic acids is 1. The van der Waals surface area contributed by atoms with E-state index in [1.165, 1.54) is 23.0 Å². The van der Waals surface area contributed by atoms with Crippen LogP contribution in [-0.4, -0.2) is 34.9 Å². The zero-order chi connectivity index (χ0) is 18.3. The predicted octanol–water partition coefficient (Wildman–Crippen LogP) is 2.68. The standard InChI is InChI=1S/C19H18F2N4O/c20-13-7-12(8-23-9-13)11-1-3-14(4-2-11)25-10-16-17(21)6-5-15(19(22)26)18(16)24-25/h1-6,10,12-13,23H,7-9H2,(H2,22,26)/t12-,13-/m0/s1. The number of carbonyl (C=O) groups is 1. The summed E-state index contributed by atoms with van der Waals surface area (Å²) in [5.41, 5.74) is 7.53. The second kappa shape index (κ2) is 6.49. The molecule has 7 heteroatoms. The number of nitrogens with zero attached hydrogens (tertiary/aromatic N) is 2. The van der Waals surface area contributed by atoms with E-state index in [4.69, 9.17) is 5.73 Å². The highest BCUT2D eigenvalue weighted by Crippen LogP contribution is 2.27. The third kappa shape index (κ3) is 2.94. The van der Waals surface area contributed by atoms with E-state index in [-0.39, 0.29) is 22.4 Å². The molecular weight excluding hydrogens is 338 g/mol. The van der Waals surface area contributed by atoms with Gasteiger partial charge in [0.15, 0.2) is 0 Å². The highest BCUT2D eigenvalue weighted by atomic mass is 19.1. The number of primary amides is 1. The molecule has 1 fully saturated rings. The predicted molar refractivity (Wildman–Crippen MR) is 94.7 cm³/mol. The molecule has 0 spiro atoms. The molecular formula is C19H18F2N4O. The quantitative estimate of drug-likeness (QED) is 0.758. The van der Waals surface area contributed by atoms with Crippen LogP contribution in [-0.2, 0) is 0 Å². The topological polar surface area (TPSA) is 72.9 Å². The summed E-state index contributed by atoms with van der Waals surface area (Å²) in [4.78, 5) is 11.5. The summed E-state index contributed by atoms with van der Waals surface area (Å²) in [7, 11) is 0. The Morgan fingerprint density at radius 3 is 2.65 bits per heavy atom. The number of nitrogens with one attached hydrogen (secondary N) is 1. The van der Waals surface area contributed by atoms with E-state index < -0.39 is 17.9 Å². The zero-order valence-corrected chi connectivity index (χ0v) is 14.0. The van der Waals surface area contributed by atoms with Crippen molar-refractivity contribution in [2.75, 3.05) is 13.1 Å². The van der Waals surface area contributed by atoms with Gasteiger partial charge in [0, 0.05) is 19.3 Å². The maximum Gasteiger partial charge on any atom is 0.250 e. The van der Waals surface area contributed by atoms with Gasteiger partial charge in [-0.3, -0.25) is 4.79 Å². The Hall–Kier alpha value is -2.80. The van der Waals surface area contributed by atoms with Gasteiger partial charge in [-0.1, -0.05) is 12.1 Å². The van der Waals surface area contributed by atoms with Gasteiger partial charge >= 0.3 is 0 Å². The molecule has 5 nitrogen and oxygen atoms in total. The summed E-state index contributed by atoms with van der Waals surface area (Å²) in [6.45, 7) is 1.15. The molecule has 1 aliphatic heterocycles. The number of alkyl halides is 1. The lowest BCUT2D eigenvalue weighted by Crippen LogP contribution is -2.36. The molecule has 1 amide bonds. The van der Waals surface area contributed by atoms with Crippen molar-refractivity contribution in [1.82, 2.24) is 15.1 Å². The molecule has 4 rings (SSSR count). The second-order valence-electron chi connectivity index (χ2n) is 6.57. The molecule has 2 heterocycles. The molecule has 134 valence electrons. The molecule has 1 saturated heterocycles. The molecule has 26 heavy (non-hydrogen) atoms. The van der Waals surface area contributed by atoms with Crippen molar-refractivity contribution >= 4 is 16.8 Å². The summed E-state index contributed by atoms with van der Waals surface area (Å²) in [5.74, 6) is -0.986. The van der Waals surface area contributed by atoms with Gasteiger partial charge in [0.05, 0.1) is 16.6 Å². The van der Waals surface area contributed by atoms with E-state index >= 15 is 0 Å². The fraction of sp³-hybridized carbons (Fsp3) is 0.263. The van der Waals surface area contributed by atoms with Crippen molar-refractivity contribution in [3.63, 3.8) is 0 Å². The van der Waals surface area contributed by atoms with Crippen LogP contribution < -0.4 is 11.1 Å². The van der Waals surface area contributed by atoms with Gasteiger partial charge in [0.25, 0.3) is 5.91 Å². The Morgan fingerprint density at radius 2 is 1.96 bits per heavy atom. The molecule has 0 unspecified atom stereocenters. The van der Waals surface area contributed by atoms with Crippen molar-refractivity contribution in [3.8, 4) is 5.69 Å². The van der Waals surface area contributed by atoms with Crippen LogP contribution in [0.15, 0.2) is 42.6 Å². The van der Waals surface area contributed by atoms with Crippen molar-refractivity contribution in [1.29, 1.82) is 0 Å². The SMILES string of the molecule is NC(=O)c1ccc(F)c2cn(-c3ccc([C@@H]4CNC[C@@H](F)C4)cc3)nc12. The first-order valence-corrected chi connectivity index (χ1v) is 8.45. The van der Waals surface area contributed by atoms with Gasteiger partial charge in [-0.2, -0.15) is 5.10 Å². The van der Waals surface area contributed by atoms with E-state index in [1.54, 1.807) is 0 Å². The van der Waals surface area contributed by atoms with Crippen LogP contribution in [0.25, 0.3) is 16.6 Å². The van der Waals surface area contributed by atoms with Gasteiger partial charge in [0.2, 0.25) is 0 Å². The van der Waals surface area contributed by atoms with Crippen LogP contribution >= 0.6 is 0 Å². The molecule has 1 aromatic heterocycles. The fourth-order valence-electron chi connectivity index (χ4n) is 3.45. The van der Waals surface area contributed by atoms with Gasteiger partial charge < -0.3 is 11.1 Å².